The first-order valence-electron chi connectivity index (χ1n) is 11.6. The summed E-state index contributed by atoms with van der Waals surface area (Å²) in [6.07, 6.45) is 1.78. The van der Waals surface area contributed by atoms with E-state index in [9.17, 15) is 23.1 Å². The third-order valence-corrected chi connectivity index (χ3v) is 8.09. The summed E-state index contributed by atoms with van der Waals surface area (Å²) in [5.74, 6) is 0.335. The Morgan fingerprint density at radius 2 is 2.06 bits per heavy atom. The number of aliphatic hydroxyl groups is 1. The molecule has 2 aliphatic rings. The van der Waals surface area contributed by atoms with Gasteiger partial charge in [0.2, 0.25) is 5.91 Å². The number of halogens is 3. The van der Waals surface area contributed by atoms with Crippen LogP contribution in [0.5, 0.6) is 0 Å². The average Bonchev–Trinajstić information content (AvgIpc) is 3.37. The maximum Gasteiger partial charge on any atom is 0.416 e. The van der Waals surface area contributed by atoms with E-state index >= 15 is 0 Å². The standard InChI is InChI=1S/C24H26F3N5O2S/c25-24(26,27)16-2-1-14-5-8-29-22(17(14)9-16)31-12-20(33)32-18-10-30-21(18)15-3-6-23(34,7-4-15)19-11-28-13-35-19/h1-2,5,8-9,11,13,15,18,21,30,34H,3-4,6-7,10,12H2,(H,29,31)(H,32,33)/t15-,18?,21?,23+. The van der Waals surface area contributed by atoms with Gasteiger partial charge in [-0.15, -0.1) is 11.3 Å². The number of rotatable bonds is 6. The third-order valence-electron chi connectivity index (χ3n) is 7.12. The van der Waals surface area contributed by atoms with Crippen molar-refractivity contribution in [2.24, 2.45) is 5.92 Å². The second kappa shape index (κ2) is 9.36. The van der Waals surface area contributed by atoms with E-state index in [1.165, 1.54) is 23.6 Å². The summed E-state index contributed by atoms with van der Waals surface area (Å²) in [5.41, 5.74) is 0.153. The number of pyridine rings is 1. The predicted octanol–water partition coefficient (Wildman–Crippen LogP) is 3.66. The molecule has 1 saturated heterocycles. The van der Waals surface area contributed by atoms with Crippen LogP contribution in [0.4, 0.5) is 19.0 Å². The highest BCUT2D eigenvalue weighted by molar-refractivity contribution is 7.09. The van der Waals surface area contributed by atoms with E-state index in [2.05, 4.69) is 25.9 Å². The Morgan fingerprint density at radius 1 is 1.26 bits per heavy atom. The second-order valence-corrected chi connectivity index (χ2v) is 10.2. The van der Waals surface area contributed by atoms with Crippen LogP contribution in [0.1, 0.15) is 36.1 Å². The smallest absolute Gasteiger partial charge is 0.384 e. The number of hydrogen-bond acceptors (Lipinski definition) is 7. The Morgan fingerprint density at radius 3 is 2.71 bits per heavy atom. The van der Waals surface area contributed by atoms with Crippen molar-refractivity contribution in [3.8, 4) is 0 Å². The van der Waals surface area contributed by atoms with Gasteiger partial charge in [-0.2, -0.15) is 13.2 Å². The van der Waals surface area contributed by atoms with Crippen LogP contribution < -0.4 is 16.0 Å². The normalized spacial score (nSPS) is 26.8. The lowest BCUT2D eigenvalue weighted by molar-refractivity contribution is -0.137. The van der Waals surface area contributed by atoms with Gasteiger partial charge < -0.3 is 21.1 Å². The lowest BCUT2D eigenvalue weighted by Gasteiger charge is -2.47. The minimum atomic E-state index is -4.46. The van der Waals surface area contributed by atoms with Gasteiger partial charge in [0.1, 0.15) is 11.4 Å². The second-order valence-electron chi connectivity index (χ2n) is 9.29. The number of amides is 1. The van der Waals surface area contributed by atoms with E-state index in [0.717, 1.165) is 29.9 Å². The van der Waals surface area contributed by atoms with Gasteiger partial charge >= 0.3 is 6.18 Å². The number of anilines is 1. The summed E-state index contributed by atoms with van der Waals surface area (Å²) in [6.45, 7) is 0.564. The van der Waals surface area contributed by atoms with Crippen molar-refractivity contribution < 1.29 is 23.1 Å². The van der Waals surface area contributed by atoms with E-state index in [4.69, 9.17) is 0 Å². The lowest BCUT2D eigenvalue weighted by atomic mass is 9.72. The summed E-state index contributed by atoms with van der Waals surface area (Å²) in [6, 6.07) is 5.22. The molecule has 1 aliphatic carbocycles. The number of nitrogens with zero attached hydrogens (tertiary/aromatic N) is 2. The van der Waals surface area contributed by atoms with Gasteiger partial charge in [-0.05, 0) is 55.2 Å². The number of benzene rings is 1. The van der Waals surface area contributed by atoms with E-state index in [-0.39, 0.29) is 30.4 Å². The molecule has 186 valence electrons. The fraction of sp³-hybridized carbons (Fsp3) is 0.458. The van der Waals surface area contributed by atoms with Crippen molar-refractivity contribution in [1.29, 1.82) is 0 Å². The molecule has 0 radical (unpaired) electrons. The van der Waals surface area contributed by atoms with Crippen LogP contribution in [0.25, 0.3) is 10.8 Å². The van der Waals surface area contributed by atoms with E-state index < -0.39 is 17.3 Å². The van der Waals surface area contributed by atoms with Crippen molar-refractivity contribution in [3.05, 3.63) is 52.6 Å². The quantitative estimate of drug-likeness (QED) is 0.408. The highest BCUT2D eigenvalue weighted by Gasteiger charge is 2.43. The highest BCUT2D eigenvalue weighted by Crippen LogP contribution is 2.43. The number of fused-ring (bicyclic) bond motifs is 1. The molecule has 2 fully saturated rings. The zero-order chi connectivity index (χ0) is 24.6. The van der Waals surface area contributed by atoms with Gasteiger partial charge in [-0.25, -0.2) is 4.98 Å². The molecule has 11 heteroatoms. The fourth-order valence-electron chi connectivity index (χ4n) is 5.08. The molecule has 5 rings (SSSR count). The lowest BCUT2D eigenvalue weighted by Crippen LogP contribution is -2.68. The highest BCUT2D eigenvalue weighted by atomic mass is 32.1. The molecule has 7 nitrogen and oxygen atoms in total. The predicted molar refractivity (Wildman–Crippen MR) is 127 cm³/mol. The van der Waals surface area contributed by atoms with E-state index in [1.807, 2.05) is 0 Å². The van der Waals surface area contributed by atoms with Gasteiger partial charge in [0.05, 0.1) is 28.5 Å². The molecule has 1 amide bonds. The van der Waals surface area contributed by atoms with Gasteiger partial charge in [-0.1, -0.05) is 6.07 Å². The number of hydrogen-bond donors (Lipinski definition) is 4. The largest absolute Gasteiger partial charge is 0.416 e. The van der Waals surface area contributed by atoms with Gasteiger partial charge in [0.25, 0.3) is 0 Å². The molecule has 3 heterocycles. The van der Waals surface area contributed by atoms with Crippen LogP contribution in [0.2, 0.25) is 0 Å². The molecule has 2 atom stereocenters. The molecular formula is C24H26F3N5O2S. The zero-order valence-corrected chi connectivity index (χ0v) is 19.6. The Hall–Kier alpha value is -2.76. The number of thiazole rings is 1. The Bertz CT molecular complexity index is 1200. The summed E-state index contributed by atoms with van der Waals surface area (Å²) in [7, 11) is 0. The fourth-order valence-corrected chi connectivity index (χ4v) is 5.86. The van der Waals surface area contributed by atoms with Crippen molar-refractivity contribution >= 4 is 33.8 Å². The molecule has 1 aromatic carbocycles. The van der Waals surface area contributed by atoms with E-state index in [0.29, 0.717) is 36.1 Å². The molecule has 3 aromatic rings. The van der Waals surface area contributed by atoms with E-state index in [1.54, 1.807) is 17.8 Å². The maximum absolute atomic E-state index is 13.1. The van der Waals surface area contributed by atoms with Crippen molar-refractivity contribution in [2.45, 2.75) is 49.5 Å². The van der Waals surface area contributed by atoms with Crippen LogP contribution in [0, 0.1) is 5.92 Å². The van der Waals surface area contributed by atoms with Crippen LogP contribution in [-0.2, 0) is 16.6 Å². The number of carbonyl (C=O) groups excluding carboxylic acids is 1. The monoisotopic (exact) mass is 505 g/mol. The molecule has 1 saturated carbocycles. The van der Waals surface area contributed by atoms with Crippen molar-refractivity contribution in [2.75, 3.05) is 18.4 Å². The van der Waals surface area contributed by atoms with Crippen molar-refractivity contribution in [3.63, 3.8) is 0 Å². The van der Waals surface area contributed by atoms with Crippen LogP contribution in [-0.4, -0.2) is 46.2 Å². The SMILES string of the molecule is O=C(CNc1nccc2ccc(C(F)(F)F)cc12)NC1CNC1[C@H]1CC[C@](O)(c2cncs2)CC1. The minimum absolute atomic E-state index is 0.0267. The number of carbonyl (C=O) groups is 1. The minimum Gasteiger partial charge on any atom is -0.384 e. The molecule has 1 aliphatic heterocycles. The molecule has 4 N–H and O–H groups in total. The van der Waals surface area contributed by atoms with Crippen LogP contribution in [0.15, 0.2) is 42.2 Å². The summed E-state index contributed by atoms with van der Waals surface area (Å²) in [4.78, 5) is 21.7. The van der Waals surface area contributed by atoms with Crippen molar-refractivity contribution in [1.82, 2.24) is 20.6 Å². The third kappa shape index (κ3) is 4.98. The Labute approximate surface area is 204 Å². The van der Waals surface area contributed by atoms with Gasteiger partial charge in [0.15, 0.2) is 0 Å². The Kier molecular flexibility index (Phi) is 6.41. The molecule has 2 aromatic heterocycles. The topological polar surface area (TPSA) is 99.2 Å². The molecule has 35 heavy (non-hydrogen) atoms. The zero-order valence-electron chi connectivity index (χ0n) is 18.8. The average molecular weight is 506 g/mol. The first-order valence-corrected chi connectivity index (χ1v) is 12.4. The molecule has 0 bridgehead atoms. The van der Waals surface area contributed by atoms with Crippen LogP contribution >= 0.6 is 11.3 Å². The summed E-state index contributed by atoms with van der Waals surface area (Å²) in [5, 5.41) is 21.2. The molecule has 0 spiro atoms. The number of aromatic nitrogens is 2. The number of alkyl halides is 3. The molecular weight excluding hydrogens is 479 g/mol. The van der Waals surface area contributed by atoms with Gasteiger partial charge in [-0.3, -0.25) is 9.78 Å². The summed E-state index contributed by atoms with van der Waals surface area (Å²) < 4.78 is 39.4. The van der Waals surface area contributed by atoms with Gasteiger partial charge in [0, 0.05) is 30.4 Å². The number of nitrogens with one attached hydrogen (secondary N) is 3. The summed E-state index contributed by atoms with van der Waals surface area (Å²) >= 11 is 1.47. The van der Waals surface area contributed by atoms with Crippen LogP contribution in [0.3, 0.4) is 0 Å². The first-order chi connectivity index (χ1) is 16.7. The molecule has 2 unspecified atom stereocenters. The first kappa shape index (κ1) is 24.0. The Balaban J connectivity index is 1.16. The maximum atomic E-state index is 13.1.